The minimum absolute atomic E-state index is 0.454. The molecule has 0 saturated heterocycles. The van der Waals surface area contributed by atoms with E-state index in [0.29, 0.717) is 13.2 Å². The predicted octanol–water partition coefficient (Wildman–Crippen LogP) is 6.26. The van der Waals surface area contributed by atoms with Crippen molar-refractivity contribution in [2.24, 2.45) is 0 Å². The third-order valence-corrected chi connectivity index (χ3v) is 5.41. The van der Waals surface area contributed by atoms with Gasteiger partial charge in [0.2, 0.25) is 0 Å². The van der Waals surface area contributed by atoms with Crippen LogP contribution in [-0.4, -0.2) is 45.2 Å². The minimum Gasteiger partial charge on any atom is -0.386 e. The van der Waals surface area contributed by atoms with Gasteiger partial charge in [-0.15, -0.1) is 0 Å². The lowest BCUT2D eigenvalue weighted by atomic mass is 10.2. The minimum atomic E-state index is -2.92. The molecular formula is C20H46BO6PS. The molecule has 1 N–H and O–H groups in total. The second-order valence-electron chi connectivity index (χ2n) is 6.80. The van der Waals surface area contributed by atoms with Crippen LogP contribution >= 0.6 is 6.72 Å². The van der Waals surface area contributed by atoms with Crippen molar-refractivity contribution in [3.05, 3.63) is 0 Å². The van der Waals surface area contributed by atoms with E-state index in [9.17, 15) is 4.89 Å². The molecule has 0 unspecified atom stereocenters. The fourth-order valence-electron chi connectivity index (χ4n) is 1.80. The molecule has 0 aromatic rings. The molecule has 9 heteroatoms. The molecule has 0 rings (SSSR count). The standard InChI is InChI=1S/C12H27BO3.C8H19O3PS/c1-4-7-10-14-13(15-11-8-5-2)16-12-9-6-3;1-3-5-7-10-12(9,13)11-8-6-4-2/h4-12H2,1-3H3;3-8H2,1-2H3,(H,9,13). The fourth-order valence-corrected chi connectivity index (χ4v) is 3.04. The smallest absolute Gasteiger partial charge is 0.386 e. The van der Waals surface area contributed by atoms with Gasteiger partial charge in [-0.2, -0.15) is 0 Å². The van der Waals surface area contributed by atoms with Gasteiger partial charge in [0.05, 0.1) is 13.2 Å². The van der Waals surface area contributed by atoms with Crippen molar-refractivity contribution < 1.29 is 27.9 Å². The van der Waals surface area contributed by atoms with E-state index in [1.54, 1.807) is 0 Å². The van der Waals surface area contributed by atoms with E-state index in [0.717, 1.165) is 84.0 Å². The van der Waals surface area contributed by atoms with E-state index >= 15 is 0 Å². The van der Waals surface area contributed by atoms with Crippen molar-refractivity contribution >= 4 is 25.8 Å². The summed E-state index contributed by atoms with van der Waals surface area (Å²) in [7, 11) is -0.454. The van der Waals surface area contributed by atoms with Crippen molar-refractivity contribution in [3.8, 4) is 0 Å². The van der Waals surface area contributed by atoms with Crippen molar-refractivity contribution in [1.29, 1.82) is 0 Å². The van der Waals surface area contributed by atoms with Crippen LogP contribution in [0.5, 0.6) is 0 Å². The molecule has 0 spiro atoms. The topological polar surface area (TPSA) is 66.4 Å². The summed E-state index contributed by atoms with van der Waals surface area (Å²) in [5, 5.41) is 0. The number of hydrogen-bond acceptors (Lipinski definition) is 6. The molecule has 0 aliphatic rings. The Morgan fingerprint density at radius 1 is 0.586 bits per heavy atom. The van der Waals surface area contributed by atoms with Gasteiger partial charge in [-0.1, -0.05) is 66.7 Å². The second kappa shape index (κ2) is 24.7. The first-order valence-corrected chi connectivity index (χ1v) is 14.0. The lowest BCUT2D eigenvalue weighted by molar-refractivity contribution is 0.0899. The fraction of sp³-hybridized carbons (Fsp3) is 1.00. The first-order valence-electron chi connectivity index (χ1n) is 11.4. The first-order chi connectivity index (χ1) is 14.0. The molecular weight excluding hydrogens is 410 g/mol. The lowest BCUT2D eigenvalue weighted by Crippen LogP contribution is -2.28. The highest BCUT2D eigenvalue weighted by atomic mass is 32.5. The Morgan fingerprint density at radius 2 is 0.862 bits per heavy atom. The lowest BCUT2D eigenvalue weighted by Gasteiger charge is -2.14. The first kappa shape index (κ1) is 31.7. The SMILES string of the molecule is CCCCOB(OCCCC)OCCCC.CCCCOP(O)(=S)OCCCC. The van der Waals surface area contributed by atoms with Gasteiger partial charge in [0, 0.05) is 19.8 Å². The Morgan fingerprint density at radius 3 is 1.14 bits per heavy atom. The largest absolute Gasteiger partial charge is 0.639 e. The molecule has 0 aliphatic carbocycles. The van der Waals surface area contributed by atoms with Gasteiger partial charge in [-0.25, -0.2) is 0 Å². The molecule has 29 heavy (non-hydrogen) atoms. The molecule has 0 atom stereocenters. The van der Waals surface area contributed by atoms with E-state index in [2.05, 4.69) is 34.6 Å². The van der Waals surface area contributed by atoms with Crippen molar-refractivity contribution in [2.75, 3.05) is 33.0 Å². The molecule has 0 aromatic heterocycles. The van der Waals surface area contributed by atoms with Crippen molar-refractivity contribution in [1.82, 2.24) is 0 Å². The van der Waals surface area contributed by atoms with Gasteiger partial charge in [0.25, 0.3) is 0 Å². The van der Waals surface area contributed by atoms with Crippen LogP contribution in [0.15, 0.2) is 0 Å². The molecule has 0 fully saturated rings. The third-order valence-electron chi connectivity index (χ3n) is 3.76. The van der Waals surface area contributed by atoms with Crippen LogP contribution in [0, 0.1) is 0 Å². The Hall–Kier alpha value is 0.475. The summed E-state index contributed by atoms with van der Waals surface area (Å²) in [5.74, 6) is 0. The van der Waals surface area contributed by atoms with Gasteiger partial charge in [0.1, 0.15) is 0 Å². The maximum atomic E-state index is 9.45. The summed E-state index contributed by atoms with van der Waals surface area (Å²) in [6.45, 7) is 10.8. The van der Waals surface area contributed by atoms with Crippen LogP contribution in [0.2, 0.25) is 0 Å². The third kappa shape index (κ3) is 26.4. The Balaban J connectivity index is 0. The molecule has 0 heterocycles. The quantitative estimate of drug-likeness (QED) is 0.132. The van der Waals surface area contributed by atoms with Gasteiger partial charge in [-0.05, 0) is 43.9 Å². The highest BCUT2D eigenvalue weighted by Crippen LogP contribution is 2.43. The molecule has 0 aromatic carbocycles. The van der Waals surface area contributed by atoms with E-state index in [4.69, 9.17) is 34.8 Å². The summed E-state index contributed by atoms with van der Waals surface area (Å²) < 4.78 is 26.7. The zero-order chi connectivity index (χ0) is 22.2. The summed E-state index contributed by atoms with van der Waals surface area (Å²) >= 11 is 4.79. The van der Waals surface area contributed by atoms with E-state index in [-0.39, 0.29) is 0 Å². The van der Waals surface area contributed by atoms with Gasteiger partial charge in [-0.3, -0.25) is 0 Å². The predicted molar refractivity (Wildman–Crippen MR) is 127 cm³/mol. The summed E-state index contributed by atoms with van der Waals surface area (Å²) in [5.41, 5.74) is 0. The number of rotatable bonds is 20. The van der Waals surface area contributed by atoms with Crippen LogP contribution in [0.1, 0.15) is 98.8 Å². The van der Waals surface area contributed by atoms with Crippen molar-refractivity contribution in [2.45, 2.75) is 98.8 Å². The maximum Gasteiger partial charge on any atom is 0.639 e. The summed E-state index contributed by atoms with van der Waals surface area (Å²) in [4.78, 5) is 9.45. The van der Waals surface area contributed by atoms with Crippen LogP contribution in [0.25, 0.3) is 0 Å². The average Bonchev–Trinajstić information content (AvgIpc) is 2.69. The summed E-state index contributed by atoms with van der Waals surface area (Å²) in [6, 6.07) is 0. The van der Waals surface area contributed by atoms with Crippen LogP contribution in [0.3, 0.4) is 0 Å². The highest BCUT2D eigenvalue weighted by Gasteiger charge is 2.20. The van der Waals surface area contributed by atoms with Crippen LogP contribution in [0.4, 0.5) is 0 Å². The molecule has 6 nitrogen and oxygen atoms in total. The summed E-state index contributed by atoms with van der Waals surface area (Å²) in [6.07, 6.45) is 10.5. The van der Waals surface area contributed by atoms with Gasteiger partial charge >= 0.3 is 14.0 Å². The molecule has 176 valence electrons. The Kier molecular flexibility index (Phi) is 27.0. The zero-order valence-corrected chi connectivity index (χ0v) is 21.2. The maximum absolute atomic E-state index is 9.45. The van der Waals surface area contributed by atoms with Crippen LogP contribution < -0.4 is 0 Å². The van der Waals surface area contributed by atoms with Crippen molar-refractivity contribution in [3.63, 3.8) is 0 Å². The van der Waals surface area contributed by atoms with Crippen LogP contribution in [-0.2, 0) is 34.8 Å². The van der Waals surface area contributed by atoms with E-state index in [1.807, 2.05) is 0 Å². The Bertz CT molecular complexity index is 328. The molecule has 0 amide bonds. The monoisotopic (exact) mass is 456 g/mol. The molecule has 0 radical (unpaired) electrons. The average molecular weight is 456 g/mol. The normalized spacial score (nSPS) is 11.2. The highest BCUT2D eigenvalue weighted by molar-refractivity contribution is 8.07. The second-order valence-corrected chi connectivity index (χ2v) is 9.64. The van der Waals surface area contributed by atoms with E-state index < -0.39 is 14.0 Å². The Labute approximate surface area is 185 Å². The number of unbranched alkanes of at least 4 members (excludes halogenated alkanes) is 5. The zero-order valence-electron chi connectivity index (χ0n) is 19.5. The number of hydrogen-bond donors (Lipinski definition) is 1. The van der Waals surface area contributed by atoms with E-state index in [1.165, 1.54) is 0 Å². The van der Waals surface area contributed by atoms with Gasteiger partial charge in [0.15, 0.2) is 0 Å². The van der Waals surface area contributed by atoms with Gasteiger partial charge < -0.3 is 27.9 Å². The molecule has 0 bridgehead atoms. The molecule has 0 saturated carbocycles. The molecule has 0 aliphatic heterocycles.